The van der Waals surface area contributed by atoms with Crippen molar-refractivity contribution in [2.75, 3.05) is 27.2 Å². The van der Waals surface area contributed by atoms with Gasteiger partial charge in [0.1, 0.15) is 18.9 Å². The molecule has 108 valence electrons. The summed E-state index contributed by atoms with van der Waals surface area (Å²) in [6.45, 7) is 1.73. The average molecular weight is 280 g/mol. The predicted molar refractivity (Wildman–Crippen MR) is 67.3 cm³/mol. The third-order valence-electron chi connectivity index (χ3n) is 2.97. The quantitative estimate of drug-likeness (QED) is 0.710. The normalized spacial score (nSPS) is 15.2. The largest absolute Gasteiger partial charge is 0.337 e. The third kappa shape index (κ3) is 2.76. The van der Waals surface area contributed by atoms with E-state index in [4.69, 9.17) is 0 Å². The SMILES string of the molecule is Cc1nc(CN(C)C(=O)CN2C(=O)CN(C)C2=O)n[nH]1. The topological polar surface area (TPSA) is 102 Å². The van der Waals surface area contributed by atoms with Crippen LogP contribution in [0.15, 0.2) is 0 Å². The maximum atomic E-state index is 12.0. The molecule has 1 aromatic rings. The molecule has 1 aliphatic heterocycles. The van der Waals surface area contributed by atoms with Crippen LogP contribution in [0.2, 0.25) is 0 Å². The Morgan fingerprint density at radius 1 is 1.45 bits per heavy atom. The summed E-state index contributed by atoms with van der Waals surface area (Å²) >= 11 is 0. The first-order valence-electron chi connectivity index (χ1n) is 6.05. The molecule has 0 atom stereocenters. The Bertz CT molecular complexity index is 554. The molecule has 2 rings (SSSR count). The molecule has 0 aromatic carbocycles. The maximum absolute atomic E-state index is 12.0. The van der Waals surface area contributed by atoms with Gasteiger partial charge in [0.05, 0.1) is 6.54 Å². The lowest BCUT2D eigenvalue weighted by atomic mass is 10.4. The van der Waals surface area contributed by atoms with E-state index in [2.05, 4.69) is 15.2 Å². The fourth-order valence-corrected chi connectivity index (χ4v) is 1.84. The standard InChI is InChI=1S/C11H16N6O3/c1-7-12-8(14-13-7)4-15(2)9(18)6-17-10(19)5-16(3)11(17)20/h4-6H2,1-3H3,(H,12,13,14). The summed E-state index contributed by atoms with van der Waals surface area (Å²) < 4.78 is 0. The molecule has 1 fully saturated rings. The number of urea groups is 1. The Kier molecular flexibility index (Phi) is 3.68. The number of carbonyl (C=O) groups is 3. The second-order valence-corrected chi connectivity index (χ2v) is 4.71. The molecule has 0 spiro atoms. The maximum Gasteiger partial charge on any atom is 0.327 e. The summed E-state index contributed by atoms with van der Waals surface area (Å²) in [4.78, 5) is 42.9. The van der Waals surface area contributed by atoms with Crippen molar-refractivity contribution in [1.29, 1.82) is 0 Å². The van der Waals surface area contributed by atoms with E-state index in [0.29, 0.717) is 11.6 Å². The zero-order valence-electron chi connectivity index (χ0n) is 11.6. The van der Waals surface area contributed by atoms with Gasteiger partial charge in [0, 0.05) is 14.1 Å². The first-order valence-corrected chi connectivity index (χ1v) is 6.05. The number of hydrogen-bond acceptors (Lipinski definition) is 5. The van der Waals surface area contributed by atoms with E-state index in [1.165, 1.54) is 16.8 Å². The summed E-state index contributed by atoms with van der Waals surface area (Å²) in [5, 5.41) is 6.61. The van der Waals surface area contributed by atoms with Crippen LogP contribution < -0.4 is 0 Å². The lowest BCUT2D eigenvalue weighted by Gasteiger charge is -2.19. The molecule has 0 bridgehead atoms. The second kappa shape index (κ2) is 5.27. The molecule has 0 radical (unpaired) electrons. The molecular weight excluding hydrogens is 264 g/mol. The number of rotatable bonds is 4. The second-order valence-electron chi connectivity index (χ2n) is 4.71. The molecule has 1 aliphatic rings. The summed E-state index contributed by atoms with van der Waals surface area (Å²) in [7, 11) is 3.09. The molecule has 1 aromatic heterocycles. The Morgan fingerprint density at radius 2 is 2.15 bits per heavy atom. The summed E-state index contributed by atoms with van der Waals surface area (Å²) in [5.74, 6) is 0.430. The van der Waals surface area contributed by atoms with E-state index in [9.17, 15) is 14.4 Å². The zero-order valence-corrected chi connectivity index (χ0v) is 11.6. The number of aromatic amines is 1. The molecule has 9 nitrogen and oxygen atoms in total. The van der Waals surface area contributed by atoms with E-state index in [0.717, 1.165) is 4.90 Å². The first kappa shape index (κ1) is 14.0. The Morgan fingerprint density at radius 3 is 2.65 bits per heavy atom. The number of nitrogens with one attached hydrogen (secondary N) is 1. The lowest BCUT2D eigenvalue weighted by molar-refractivity contribution is -0.136. The summed E-state index contributed by atoms with van der Waals surface area (Å²) in [5.41, 5.74) is 0. The van der Waals surface area contributed by atoms with Gasteiger partial charge in [-0.2, -0.15) is 5.10 Å². The fraction of sp³-hybridized carbons (Fsp3) is 0.545. The highest BCUT2D eigenvalue weighted by molar-refractivity contribution is 6.04. The number of nitrogens with zero attached hydrogens (tertiary/aromatic N) is 5. The minimum Gasteiger partial charge on any atom is -0.337 e. The predicted octanol–water partition coefficient (Wildman–Crippen LogP) is -1.03. The van der Waals surface area contributed by atoms with Crippen LogP contribution in [0.25, 0.3) is 0 Å². The molecule has 2 heterocycles. The Labute approximate surface area is 115 Å². The number of amides is 4. The Balaban J connectivity index is 1.94. The highest BCUT2D eigenvalue weighted by Gasteiger charge is 2.35. The van der Waals surface area contributed by atoms with Crippen molar-refractivity contribution in [2.24, 2.45) is 0 Å². The molecule has 0 saturated carbocycles. The van der Waals surface area contributed by atoms with Crippen molar-refractivity contribution in [3.8, 4) is 0 Å². The van der Waals surface area contributed by atoms with E-state index in [1.54, 1.807) is 14.0 Å². The number of likely N-dealkylation sites (N-methyl/N-ethyl adjacent to an activating group) is 2. The monoisotopic (exact) mass is 280 g/mol. The van der Waals surface area contributed by atoms with Crippen LogP contribution in [0.1, 0.15) is 11.6 Å². The number of imide groups is 1. The van der Waals surface area contributed by atoms with Gasteiger partial charge < -0.3 is 9.80 Å². The highest BCUT2D eigenvalue weighted by Crippen LogP contribution is 2.08. The van der Waals surface area contributed by atoms with Crippen LogP contribution in [-0.4, -0.2) is 74.9 Å². The fourth-order valence-electron chi connectivity index (χ4n) is 1.84. The zero-order chi connectivity index (χ0) is 14.9. The average Bonchev–Trinajstić information content (AvgIpc) is 2.88. The molecule has 4 amide bonds. The minimum absolute atomic E-state index is 0.00987. The third-order valence-corrected chi connectivity index (χ3v) is 2.97. The van der Waals surface area contributed by atoms with Gasteiger partial charge in [-0.3, -0.25) is 19.6 Å². The van der Waals surface area contributed by atoms with Gasteiger partial charge >= 0.3 is 6.03 Å². The van der Waals surface area contributed by atoms with Gasteiger partial charge in [-0.1, -0.05) is 0 Å². The van der Waals surface area contributed by atoms with Gasteiger partial charge in [0.15, 0.2) is 5.82 Å². The molecule has 1 saturated heterocycles. The van der Waals surface area contributed by atoms with Crippen molar-refractivity contribution in [2.45, 2.75) is 13.5 Å². The number of hydrogen-bond donors (Lipinski definition) is 1. The summed E-state index contributed by atoms with van der Waals surface area (Å²) in [6.07, 6.45) is 0. The van der Waals surface area contributed by atoms with Crippen molar-refractivity contribution in [3.05, 3.63) is 11.6 Å². The van der Waals surface area contributed by atoms with Crippen LogP contribution in [-0.2, 0) is 16.1 Å². The van der Waals surface area contributed by atoms with Crippen LogP contribution in [0.4, 0.5) is 4.79 Å². The summed E-state index contributed by atoms with van der Waals surface area (Å²) in [6, 6.07) is -0.453. The van der Waals surface area contributed by atoms with Gasteiger partial charge in [0.2, 0.25) is 5.91 Å². The molecule has 1 N–H and O–H groups in total. The smallest absolute Gasteiger partial charge is 0.327 e. The van der Waals surface area contributed by atoms with E-state index in [1.807, 2.05) is 0 Å². The molecule has 0 aliphatic carbocycles. The van der Waals surface area contributed by atoms with E-state index < -0.39 is 6.03 Å². The van der Waals surface area contributed by atoms with Crippen molar-refractivity contribution < 1.29 is 14.4 Å². The number of aromatic nitrogens is 3. The number of aryl methyl sites for hydroxylation is 1. The van der Waals surface area contributed by atoms with Crippen molar-refractivity contribution in [1.82, 2.24) is 29.9 Å². The van der Waals surface area contributed by atoms with Gasteiger partial charge in [-0.25, -0.2) is 9.78 Å². The highest BCUT2D eigenvalue weighted by atomic mass is 16.2. The minimum atomic E-state index is -0.453. The van der Waals surface area contributed by atoms with Crippen LogP contribution in [0.3, 0.4) is 0 Å². The molecular formula is C11H16N6O3. The molecule has 9 heteroatoms. The van der Waals surface area contributed by atoms with E-state index in [-0.39, 0.29) is 31.4 Å². The van der Waals surface area contributed by atoms with Crippen molar-refractivity contribution in [3.63, 3.8) is 0 Å². The van der Waals surface area contributed by atoms with E-state index >= 15 is 0 Å². The van der Waals surface area contributed by atoms with Gasteiger partial charge in [-0.05, 0) is 6.92 Å². The van der Waals surface area contributed by atoms with Crippen LogP contribution >= 0.6 is 0 Å². The molecule has 20 heavy (non-hydrogen) atoms. The molecule has 0 unspecified atom stereocenters. The lowest BCUT2D eigenvalue weighted by Crippen LogP contribution is -2.41. The first-order chi connectivity index (χ1) is 9.38. The number of H-pyrrole nitrogens is 1. The Hall–Kier alpha value is -2.45. The van der Waals surface area contributed by atoms with Gasteiger partial charge in [-0.15, -0.1) is 0 Å². The van der Waals surface area contributed by atoms with Crippen LogP contribution in [0.5, 0.6) is 0 Å². The number of carbonyl (C=O) groups excluding carboxylic acids is 3. The van der Waals surface area contributed by atoms with Gasteiger partial charge in [0.25, 0.3) is 5.91 Å². The van der Waals surface area contributed by atoms with Crippen LogP contribution in [0, 0.1) is 6.92 Å². The van der Waals surface area contributed by atoms with Crippen molar-refractivity contribution >= 4 is 17.8 Å².